The molecule has 1 unspecified atom stereocenters. The van der Waals surface area contributed by atoms with Gasteiger partial charge in [0.15, 0.2) is 11.5 Å². The Morgan fingerprint density at radius 1 is 1.14 bits per heavy atom. The summed E-state index contributed by atoms with van der Waals surface area (Å²) in [5.41, 5.74) is 2.23. The molecule has 190 valence electrons. The van der Waals surface area contributed by atoms with Gasteiger partial charge < -0.3 is 14.4 Å². The molecule has 0 saturated carbocycles. The summed E-state index contributed by atoms with van der Waals surface area (Å²) in [5.74, 6) is 1.85. The monoisotopic (exact) mass is 499 g/mol. The molecule has 1 amide bonds. The van der Waals surface area contributed by atoms with Gasteiger partial charge in [-0.15, -0.1) is 0 Å². The van der Waals surface area contributed by atoms with Crippen LogP contribution in [0.15, 0.2) is 42.5 Å². The van der Waals surface area contributed by atoms with E-state index < -0.39 is 0 Å². The molecule has 0 aliphatic carbocycles. The molecule has 6 nitrogen and oxygen atoms in total. The standard InChI is InChI=1S/C28H38ClN3O3/c1-20(2)17-32(18-21-15-24(29)26-25(16-21)34-13-8-14-35-26)28(33)23-11-12-31(19-23)27(30(3)4)22-9-6-5-7-10-22/h5-7,9-10,15-16,20,23,27H,8,11-14,17-19H2,1-4H3/t23-,27?/m1/s1. The lowest BCUT2D eigenvalue weighted by molar-refractivity contribution is -0.136. The van der Waals surface area contributed by atoms with Gasteiger partial charge in [0, 0.05) is 32.6 Å². The normalized spacial score (nSPS) is 19.1. The number of hydrogen-bond acceptors (Lipinski definition) is 5. The first kappa shape index (κ1) is 25.8. The second kappa shape index (κ2) is 11.6. The van der Waals surface area contributed by atoms with E-state index in [-0.39, 0.29) is 18.0 Å². The maximum atomic E-state index is 13.8. The van der Waals surface area contributed by atoms with Gasteiger partial charge in [-0.3, -0.25) is 14.6 Å². The zero-order valence-corrected chi connectivity index (χ0v) is 22.1. The molecular formula is C28H38ClN3O3. The van der Waals surface area contributed by atoms with Crippen LogP contribution >= 0.6 is 11.6 Å². The molecule has 35 heavy (non-hydrogen) atoms. The summed E-state index contributed by atoms with van der Waals surface area (Å²) in [6, 6.07) is 14.4. The smallest absolute Gasteiger partial charge is 0.227 e. The number of hydrogen-bond donors (Lipinski definition) is 0. The van der Waals surface area contributed by atoms with E-state index in [1.165, 1.54) is 5.56 Å². The lowest BCUT2D eigenvalue weighted by Gasteiger charge is -2.34. The first-order valence-electron chi connectivity index (χ1n) is 12.7. The number of nitrogens with zero attached hydrogens (tertiary/aromatic N) is 3. The average Bonchev–Trinajstić information content (AvgIpc) is 3.16. The van der Waals surface area contributed by atoms with E-state index in [1.54, 1.807) is 0 Å². The summed E-state index contributed by atoms with van der Waals surface area (Å²) in [6.07, 6.45) is 1.85. The topological polar surface area (TPSA) is 45.3 Å². The van der Waals surface area contributed by atoms with Crippen molar-refractivity contribution < 1.29 is 14.3 Å². The number of fused-ring (bicyclic) bond motifs is 1. The maximum Gasteiger partial charge on any atom is 0.227 e. The zero-order valence-electron chi connectivity index (χ0n) is 21.4. The summed E-state index contributed by atoms with van der Waals surface area (Å²) in [6.45, 7) is 8.38. The van der Waals surface area contributed by atoms with Crippen molar-refractivity contribution in [2.75, 3.05) is 46.9 Å². The lowest BCUT2D eigenvalue weighted by Crippen LogP contribution is -2.41. The third-order valence-electron chi connectivity index (χ3n) is 6.63. The van der Waals surface area contributed by atoms with Crippen LogP contribution in [-0.2, 0) is 11.3 Å². The maximum absolute atomic E-state index is 13.8. The second-order valence-electron chi connectivity index (χ2n) is 10.3. The van der Waals surface area contributed by atoms with Crippen molar-refractivity contribution in [1.29, 1.82) is 0 Å². The van der Waals surface area contributed by atoms with Crippen LogP contribution in [0.2, 0.25) is 5.02 Å². The SMILES string of the molecule is CC(C)CN(Cc1cc(Cl)c2c(c1)OCCCO2)C(=O)[C@@H]1CCN(C(c2ccccc2)N(C)C)C1. The van der Waals surface area contributed by atoms with Gasteiger partial charge in [-0.1, -0.05) is 55.8 Å². The molecule has 0 radical (unpaired) electrons. The van der Waals surface area contributed by atoms with Crippen LogP contribution in [0, 0.1) is 11.8 Å². The van der Waals surface area contributed by atoms with Crippen molar-refractivity contribution >= 4 is 17.5 Å². The number of likely N-dealkylation sites (tertiary alicyclic amines) is 1. The Morgan fingerprint density at radius 3 is 2.60 bits per heavy atom. The third kappa shape index (κ3) is 6.29. The van der Waals surface area contributed by atoms with Crippen molar-refractivity contribution in [1.82, 2.24) is 14.7 Å². The minimum atomic E-state index is -0.0178. The Morgan fingerprint density at radius 2 is 1.89 bits per heavy atom. The highest BCUT2D eigenvalue weighted by molar-refractivity contribution is 6.32. The second-order valence-corrected chi connectivity index (χ2v) is 10.7. The Hall–Kier alpha value is -2.28. The summed E-state index contributed by atoms with van der Waals surface area (Å²) in [7, 11) is 4.21. The van der Waals surface area contributed by atoms with Crippen molar-refractivity contribution in [2.45, 2.75) is 39.4 Å². The molecule has 4 rings (SSSR count). The van der Waals surface area contributed by atoms with Crippen LogP contribution < -0.4 is 9.47 Å². The predicted octanol–water partition coefficient (Wildman–Crippen LogP) is 5.07. The molecule has 0 spiro atoms. The molecule has 2 aromatic rings. The highest BCUT2D eigenvalue weighted by atomic mass is 35.5. The van der Waals surface area contributed by atoms with Crippen molar-refractivity contribution in [3.63, 3.8) is 0 Å². The van der Waals surface area contributed by atoms with E-state index in [9.17, 15) is 4.79 Å². The van der Waals surface area contributed by atoms with Crippen LogP contribution in [0.25, 0.3) is 0 Å². The average molecular weight is 500 g/mol. The number of carbonyl (C=O) groups excluding carboxylic acids is 1. The van der Waals surface area contributed by atoms with Crippen LogP contribution in [0.1, 0.15) is 44.0 Å². The fourth-order valence-electron chi connectivity index (χ4n) is 5.20. The summed E-state index contributed by atoms with van der Waals surface area (Å²) >= 11 is 6.54. The van der Waals surface area contributed by atoms with E-state index in [2.05, 4.69) is 62.0 Å². The molecule has 2 atom stereocenters. The Labute approximate surface area is 214 Å². The van der Waals surface area contributed by atoms with Crippen LogP contribution in [0.3, 0.4) is 0 Å². The van der Waals surface area contributed by atoms with E-state index in [0.717, 1.165) is 31.5 Å². The van der Waals surface area contributed by atoms with Gasteiger partial charge in [0.2, 0.25) is 5.91 Å². The van der Waals surface area contributed by atoms with E-state index >= 15 is 0 Å². The first-order valence-corrected chi connectivity index (χ1v) is 13.0. The minimum Gasteiger partial charge on any atom is -0.489 e. The molecule has 1 saturated heterocycles. The summed E-state index contributed by atoms with van der Waals surface area (Å²) in [5, 5.41) is 0.542. The predicted molar refractivity (Wildman–Crippen MR) is 140 cm³/mol. The van der Waals surface area contributed by atoms with Crippen molar-refractivity contribution in [3.8, 4) is 11.5 Å². The molecule has 2 heterocycles. The summed E-state index contributed by atoms with van der Waals surface area (Å²) < 4.78 is 11.6. The fraction of sp³-hybridized carbons (Fsp3) is 0.536. The van der Waals surface area contributed by atoms with Gasteiger partial charge in [0.05, 0.1) is 30.3 Å². The van der Waals surface area contributed by atoms with Gasteiger partial charge in [0.25, 0.3) is 0 Å². The minimum absolute atomic E-state index is 0.0178. The highest BCUT2D eigenvalue weighted by Gasteiger charge is 2.36. The third-order valence-corrected chi connectivity index (χ3v) is 6.91. The van der Waals surface area contributed by atoms with Crippen LogP contribution in [0.5, 0.6) is 11.5 Å². The molecule has 0 bridgehead atoms. The van der Waals surface area contributed by atoms with Crippen LogP contribution in [-0.4, -0.2) is 67.6 Å². The molecular weight excluding hydrogens is 462 g/mol. The van der Waals surface area contributed by atoms with Crippen molar-refractivity contribution in [2.24, 2.45) is 11.8 Å². The lowest BCUT2D eigenvalue weighted by atomic mass is 10.0. The molecule has 1 fully saturated rings. The van der Waals surface area contributed by atoms with E-state index in [0.29, 0.717) is 48.7 Å². The highest BCUT2D eigenvalue weighted by Crippen LogP contribution is 2.38. The quantitative estimate of drug-likeness (QED) is 0.507. The largest absolute Gasteiger partial charge is 0.489 e. The van der Waals surface area contributed by atoms with Gasteiger partial charge in [-0.25, -0.2) is 0 Å². The molecule has 0 N–H and O–H groups in total. The Kier molecular flexibility index (Phi) is 8.58. The number of halogens is 1. The number of carbonyl (C=O) groups is 1. The number of rotatable bonds is 8. The zero-order chi connectivity index (χ0) is 24.9. The molecule has 2 aromatic carbocycles. The Balaban J connectivity index is 1.50. The number of ether oxygens (including phenoxy) is 2. The summed E-state index contributed by atoms with van der Waals surface area (Å²) in [4.78, 5) is 20.4. The Bertz CT molecular complexity index is 998. The molecule has 0 aromatic heterocycles. The molecule has 2 aliphatic rings. The van der Waals surface area contributed by atoms with Gasteiger partial charge in [-0.05, 0) is 49.7 Å². The van der Waals surface area contributed by atoms with Gasteiger partial charge in [-0.2, -0.15) is 0 Å². The van der Waals surface area contributed by atoms with Gasteiger partial charge >= 0.3 is 0 Å². The molecule has 7 heteroatoms. The van der Waals surface area contributed by atoms with E-state index in [1.807, 2.05) is 23.1 Å². The fourth-order valence-corrected chi connectivity index (χ4v) is 5.49. The number of amides is 1. The number of benzene rings is 2. The first-order chi connectivity index (χ1) is 16.8. The van der Waals surface area contributed by atoms with Crippen molar-refractivity contribution in [3.05, 3.63) is 58.6 Å². The van der Waals surface area contributed by atoms with E-state index in [4.69, 9.17) is 21.1 Å². The van der Waals surface area contributed by atoms with Gasteiger partial charge in [0.1, 0.15) is 0 Å². The van der Waals surface area contributed by atoms with Crippen LogP contribution in [0.4, 0.5) is 0 Å². The molecule has 2 aliphatic heterocycles.